The quantitative estimate of drug-likeness (QED) is 0.775. The van der Waals surface area contributed by atoms with Crippen LogP contribution in [0.2, 0.25) is 0 Å². The first-order valence-corrected chi connectivity index (χ1v) is 5.93. The van der Waals surface area contributed by atoms with Gasteiger partial charge >= 0.3 is 0 Å². The number of carbonyl (C=O) groups is 1. The van der Waals surface area contributed by atoms with Gasteiger partial charge in [-0.05, 0) is 49.3 Å². The highest BCUT2D eigenvalue weighted by Gasteiger charge is 2.17. The van der Waals surface area contributed by atoms with Gasteiger partial charge in [0.05, 0.1) is 0 Å². The van der Waals surface area contributed by atoms with E-state index in [2.05, 4.69) is 5.32 Å². The molecule has 0 aromatic heterocycles. The Morgan fingerprint density at radius 3 is 2.41 bits per heavy atom. The molecule has 1 fully saturated rings. The number of likely N-dealkylation sites (tertiary alicyclic amines) is 1. The van der Waals surface area contributed by atoms with Crippen LogP contribution in [0.3, 0.4) is 0 Å². The Hall–Kier alpha value is -1.49. The van der Waals surface area contributed by atoms with Gasteiger partial charge in [0.25, 0.3) is 5.91 Å². The van der Waals surface area contributed by atoms with Gasteiger partial charge < -0.3 is 4.90 Å². The zero-order valence-electron chi connectivity index (χ0n) is 9.28. The van der Waals surface area contributed by atoms with Crippen LogP contribution in [0, 0.1) is 5.82 Å². The van der Waals surface area contributed by atoms with Crippen molar-refractivity contribution in [3.63, 3.8) is 0 Å². The summed E-state index contributed by atoms with van der Waals surface area (Å²) in [5, 5.41) is 3.11. The summed E-state index contributed by atoms with van der Waals surface area (Å²) >= 11 is 5.14. The van der Waals surface area contributed by atoms with Crippen molar-refractivity contribution in [2.24, 2.45) is 0 Å². The first-order valence-electron chi connectivity index (χ1n) is 5.52. The lowest BCUT2D eigenvalue weighted by Crippen LogP contribution is -2.41. The molecular formula is C12H13FN2OS. The lowest BCUT2D eigenvalue weighted by molar-refractivity contribution is 0.0974. The predicted molar refractivity (Wildman–Crippen MR) is 67.3 cm³/mol. The van der Waals surface area contributed by atoms with Crippen molar-refractivity contribution >= 4 is 23.2 Å². The third-order valence-electron chi connectivity index (χ3n) is 2.72. The lowest BCUT2D eigenvalue weighted by Gasteiger charge is -2.18. The molecule has 1 aliphatic heterocycles. The molecule has 0 bridgehead atoms. The van der Waals surface area contributed by atoms with E-state index in [0.29, 0.717) is 10.7 Å². The molecule has 0 radical (unpaired) electrons. The maximum atomic E-state index is 12.7. The van der Waals surface area contributed by atoms with E-state index in [-0.39, 0.29) is 11.7 Å². The fourth-order valence-corrected chi connectivity index (χ4v) is 2.05. The van der Waals surface area contributed by atoms with Gasteiger partial charge in [0.15, 0.2) is 5.11 Å². The van der Waals surface area contributed by atoms with Gasteiger partial charge in [-0.15, -0.1) is 0 Å². The highest BCUT2D eigenvalue weighted by molar-refractivity contribution is 7.80. The van der Waals surface area contributed by atoms with Crippen molar-refractivity contribution in [1.29, 1.82) is 0 Å². The molecule has 1 aliphatic rings. The van der Waals surface area contributed by atoms with Gasteiger partial charge in [-0.25, -0.2) is 4.39 Å². The second-order valence-electron chi connectivity index (χ2n) is 3.96. The summed E-state index contributed by atoms with van der Waals surface area (Å²) in [6, 6.07) is 5.40. The highest BCUT2D eigenvalue weighted by atomic mass is 32.1. The van der Waals surface area contributed by atoms with Crippen LogP contribution in [0.4, 0.5) is 4.39 Å². The molecule has 3 nitrogen and oxygen atoms in total. The van der Waals surface area contributed by atoms with E-state index in [1.165, 1.54) is 24.3 Å². The molecule has 0 saturated carbocycles. The summed E-state index contributed by atoms with van der Waals surface area (Å²) in [6.07, 6.45) is 2.21. The molecule has 17 heavy (non-hydrogen) atoms. The van der Waals surface area contributed by atoms with E-state index in [1.54, 1.807) is 0 Å². The van der Waals surface area contributed by atoms with Gasteiger partial charge in [0.2, 0.25) is 0 Å². The Balaban J connectivity index is 1.96. The first kappa shape index (κ1) is 12.0. The molecule has 1 heterocycles. The second kappa shape index (κ2) is 5.23. The largest absolute Gasteiger partial charge is 0.349 e. The van der Waals surface area contributed by atoms with E-state index in [1.807, 2.05) is 4.90 Å². The zero-order valence-corrected chi connectivity index (χ0v) is 10.1. The lowest BCUT2D eigenvalue weighted by atomic mass is 10.2. The first-order chi connectivity index (χ1) is 8.16. The number of halogens is 1. The summed E-state index contributed by atoms with van der Waals surface area (Å²) in [5.74, 6) is -0.648. The summed E-state index contributed by atoms with van der Waals surface area (Å²) in [4.78, 5) is 13.7. The molecule has 0 unspecified atom stereocenters. The Labute approximate surface area is 105 Å². The molecule has 1 aromatic rings. The molecule has 1 aromatic carbocycles. The van der Waals surface area contributed by atoms with Crippen LogP contribution in [-0.2, 0) is 0 Å². The average Bonchev–Trinajstić information content (AvgIpc) is 2.83. The summed E-state index contributed by atoms with van der Waals surface area (Å²) < 4.78 is 12.7. The Morgan fingerprint density at radius 2 is 1.82 bits per heavy atom. The standard InChI is InChI=1S/C12H13FN2OS/c13-10-5-3-9(4-6-10)11(16)14-12(17)15-7-1-2-8-15/h3-6H,1-2,7-8H2,(H,14,16,17). The molecule has 5 heteroatoms. The van der Waals surface area contributed by atoms with Crippen molar-refractivity contribution in [3.05, 3.63) is 35.6 Å². The SMILES string of the molecule is O=C(NC(=S)N1CCCC1)c1ccc(F)cc1. The summed E-state index contributed by atoms with van der Waals surface area (Å²) in [5.41, 5.74) is 0.410. The molecule has 0 aliphatic carbocycles. The van der Waals surface area contributed by atoms with Crippen LogP contribution in [0.15, 0.2) is 24.3 Å². The predicted octanol–water partition coefficient (Wildman–Crippen LogP) is 1.94. The minimum atomic E-state index is -0.358. The minimum Gasteiger partial charge on any atom is -0.349 e. The fraction of sp³-hybridized carbons (Fsp3) is 0.333. The van der Waals surface area contributed by atoms with Crippen LogP contribution in [-0.4, -0.2) is 29.0 Å². The molecule has 1 saturated heterocycles. The number of carbonyl (C=O) groups excluding carboxylic acids is 1. The van der Waals surface area contributed by atoms with Crippen molar-refractivity contribution in [1.82, 2.24) is 10.2 Å². The number of amides is 1. The Bertz CT molecular complexity index is 427. The van der Waals surface area contributed by atoms with E-state index >= 15 is 0 Å². The van der Waals surface area contributed by atoms with Crippen LogP contribution in [0.1, 0.15) is 23.2 Å². The molecule has 90 valence electrons. The fourth-order valence-electron chi connectivity index (χ4n) is 1.77. The van der Waals surface area contributed by atoms with Crippen molar-refractivity contribution in [2.75, 3.05) is 13.1 Å². The summed E-state index contributed by atoms with van der Waals surface area (Å²) in [6.45, 7) is 1.78. The van der Waals surface area contributed by atoms with Crippen molar-refractivity contribution in [2.45, 2.75) is 12.8 Å². The third-order valence-corrected chi connectivity index (χ3v) is 3.08. The number of nitrogens with one attached hydrogen (secondary N) is 1. The molecule has 0 atom stereocenters. The number of benzene rings is 1. The van der Waals surface area contributed by atoms with Crippen molar-refractivity contribution in [3.8, 4) is 0 Å². The Morgan fingerprint density at radius 1 is 1.24 bits per heavy atom. The number of nitrogens with zero attached hydrogens (tertiary/aromatic N) is 1. The number of rotatable bonds is 1. The molecular weight excluding hydrogens is 239 g/mol. The van der Waals surface area contributed by atoms with Crippen LogP contribution >= 0.6 is 12.2 Å². The van der Waals surface area contributed by atoms with Crippen molar-refractivity contribution < 1.29 is 9.18 Å². The molecule has 1 N–H and O–H groups in total. The Kier molecular flexibility index (Phi) is 3.68. The topological polar surface area (TPSA) is 32.3 Å². The van der Waals surface area contributed by atoms with Crippen LogP contribution < -0.4 is 5.32 Å². The number of thiocarbonyl (C=S) groups is 1. The zero-order chi connectivity index (χ0) is 12.3. The van der Waals surface area contributed by atoms with Gasteiger partial charge in [0.1, 0.15) is 5.82 Å². The average molecular weight is 252 g/mol. The van der Waals surface area contributed by atoms with Gasteiger partial charge in [0, 0.05) is 18.7 Å². The molecule has 2 rings (SSSR count). The monoisotopic (exact) mass is 252 g/mol. The molecule has 0 spiro atoms. The van der Waals surface area contributed by atoms with E-state index in [9.17, 15) is 9.18 Å². The third kappa shape index (κ3) is 3.00. The number of hydrogen-bond acceptors (Lipinski definition) is 2. The maximum absolute atomic E-state index is 12.7. The van der Waals surface area contributed by atoms with E-state index in [0.717, 1.165) is 25.9 Å². The van der Waals surface area contributed by atoms with E-state index in [4.69, 9.17) is 12.2 Å². The van der Waals surface area contributed by atoms with Gasteiger partial charge in [-0.2, -0.15) is 0 Å². The minimum absolute atomic E-state index is 0.290. The van der Waals surface area contributed by atoms with Crippen LogP contribution in [0.5, 0.6) is 0 Å². The smallest absolute Gasteiger partial charge is 0.257 e. The van der Waals surface area contributed by atoms with Crippen LogP contribution in [0.25, 0.3) is 0 Å². The molecule has 1 amide bonds. The van der Waals surface area contributed by atoms with E-state index < -0.39 is 0 Å². The second-order valence-corrected chi connectivity index (χ2v) is 4.35. The van der Waals surface area contributed by atoms with Gasteiger partial charge in [-0.3, -0.25) is 10.1 Å². The maximum Gasteiger partial charge on any atom is 0.257 e. The highest BCUT2D eigenvalue weighted by Crippen LogP contribution is 2.08. The number of hydrogen-bond donors (Lipinski definition) is 1. The normalized spacial score (nSPS) is 14.8. The summed E-state index contributed by atoms with van der Waals surface area (Å²) in [7, 11) is 0. The van der Waals surface area contributed by atoms with Gasteiger partial charge in [-0.1, -0.05) is 0 Å².